The molecule has 2 atom stereocenters. The van der Waals surface area contributed by atoms with Crippen LogP contribution in [0.2, 0.25) is 0 Å². The zero-order chi connectivity index (χ0) is 72.2. The van der Waals surface area contributed by atoms with Crippen LogP contribution >= 0.6 is 7.82 Å². The second kappa shape index (κ2) is 83.8. The highest BCUT2D eigenvalue weighted by molar-refractivity contribution is 7.47. The van der Waals surface area contributed by atoms with E-state index in [1.807, 2.05) is 0 Å². The van der Waals surface area contributed by atoms with E-state index in [2.05, 4.69) is 160 Å². The first kappa shape index (κ1) is 95.9. The van der Waals surface area contributed by atoms with Gasteiger partial charge in [0, 0.05) is 19.4 Å². The van der Waals surface area contributed by atoms with Gasteiger partial charge in [-0.2, -0.15) is 0 Å². The molecule has 100 heavy (non-hydrogen) atoms. The summed E-state index contributed by atoms with van der Waals surface area (Å²) >= 11 is 0. The Morgan fingerprint density at radius 1 is 0.310 bits per heavy atom. The molecule has 0 heterocycles. The average molecular weight is 1410 g/mol. The second-order valence-corrected chi connectivity index (χ2v) is 29.1. The molecule has 10 heteroatoms. The van der Waals surface area contributed by atoms with Crippen molar-refractivity contribution in [2.75, 3.05) is 26.4 Å². The van der Waals surface area contributed by atoms with Crippen molar-refractivity contribution in [2.24, 2.45) is 5.73 Å². The summed E-state index contributed by atoms with van der Waals surface area (Å²) in [6.07, 6.45) is 121. The summed E-state index contributed by atoms with van der Waals surface area (Å²) in [5.74, 6) is -0.852. The number of phosphoric ester groups is 1. The summed E-state index contributed by atoms with van der Waals surface area (Å²) in [4.78, 5) is 35.5. The topological polar surface area (TPSA) is 134 Å². The lowest BCUT2D eigenvalue weighted by Gasteiger charge is -2.19. The normalized spacial score (nSPS) is 13.6. The highest BCUT2D eigenvalue weighted by Crippen LogP contribution is 2.43. The second-order valence-electron chi connectivity index (χ2n) is 27.6. The van der Waals surface area contributed by atoms with Crippen LogP contribution in [0.15, 0.2) is 146 Å². The van der Waals surface area contributed by atoms with E-state index in [1.54, 1.807) is 0 Å². The maximum atomic E-state index is 12.8. The molecule has 2 unspecified atom stereocenters. The summed E-state index contributed by atoms with van der Waals surface area (Å²) < 4.78 is 33.2. The van der Waals surface area contributed by atoms with E-state index in [9.17, 15) is 19.0 Å². The summed E-state index contributed by atoms with van der Waals surface area (Å²) in [7, 11) is -4.41. The number of allylic oxidation sites excluding steroid dienone is 24. The van der Waals surface area contributed by atoms with Crippen molar-refractivity contribution in [3.63, 3.8) is 0 Å². The van der Waals surface area contributed by atoms with Crippen molar-refractivity contribution in [3.05, 3.63) is 146 Å². The fraction of sp³-hybridized carbons (Fsp3) is 0.711. The highest BCUT2D eigenvalue weighted by Gasteiger charge is 2.26. The Morgan fingerprint density at radius 3 is 0.820 bits per heavy atom. The molecule has 0 aliphatic carbocycles. The Hall–Kier alpha value is -4.11. The first-order chi connectivity index (χ1) is 49.3. The van der Waals surface area contributed by atoms with E-state index in [0.29, 0.717) is 6.42 Å². The van der Waals surface area contributed by atoms with E-state index < -0.39 is 26.5 Å². The van der Waals surface area contributed by atoms with E-state index >= 15 is 0 Å². The lowest BCUT2D eigenvalue weighted by molar-refractivity contribution is -0.161. The Bertz CT molecular complexity index is 2160. The van der Waals surface area contributed by atoms with Crippen molar-refractivity contribution in [3.8, 4) is 0 Å². The van der Waals surface area contributed by atoms with Crippen LogP contribution in [-0.2, 0) is 32.7 Å². The Kier molecular flexibility index (Phi) is 80.4. The Labute approximate surface area is 617 Å². The molecule has 0 amide bonds. The molecular formula is C90H156NO8P. The molecule has 0 aliphatic heterocycles. The minimum Gasteiger partial charge on any atom is -0.462 e. The van der Waals surface area contributed by atoms with Crippen molar-refractivity contribution >= 4 is 19.8 Å². The van der Waals surface area contributed by atoms with E-state index in [0.717, 1.165) is 122 Å². The SMILES string of the molecule is CC/C=C\C/C=C\C/C=C\C/C=C\C/C=C\C/C=C\C/C=C\C/C=C\C/C=C\C/C=C\C/C=C\C/C=C\CCCCCCC(=O)OC(COC(=O)CCCCCCCCCCCCCCCCCCCCCCCCCCCCCCCCCCCCCCCC)COP(=O)(O)OCCN. The highest BCUT2D eigenvalue weighted by atomic mass is 31.2. The summed E-state index contributed by atoms with van der Waals surface area (Å²) in [5, 5.41) is 0. The van der Waals surface area contributed by atoms with Crippen LogP contribution in [0.5, 0.6) is 0 Å². The molecule has 574 valence electrons. The van der Waals surface area contributed by atoms with Crippen LogP contribution in [0.25, 0.3) is 0 Å². The van der Waals surface area contributed by atoms with Gasteiger partial charge in [-0.1, -0.05) is 410 Å². The van der Waals surface area contributed by atoms with Gasteiger partial charge in [0.1, 0.15) is 6.61 Å². The third kappa shape index (κ3) is 82.8. The predicted octanol–water partition coefficient (Wildman–Crippen LogP) is 28.5. The van der Waals surface area contributed by atoms with Crippen LogP contribution in [0.4, 0.5) is 0 Å². The number of nitrogens with two attached hydrogens (primary N) is 1. The number of hydrogen-bond acceptors (Lipinski definition) is 8. The zero-order valence-electron chi connectivity index (χ0n) is 64.9. The number of carbonyl (C=O) groups excluding carboxylic acids is 2. The van der Waals surface area contributed by atoms with Gasteiger partial charge in [-0.15, -0.1) is 0 Å². The van der Waals surface area contributed by atoms with E-state index in [-0.39, 0.29) is 38.6 Å². The number of esters is 2. The molecule has 0 aromatic carbocycles. The molecular weight excluding hydrogens is 1250 g/mol. The Morgan fingerprint density at radius 2 is 0.550 bits per heavy atom. The first-order valence-electron chi connectivity index (χ1n) is 41.8. The largest absolute Gasteiger partial charge is 0.472 e. The maximum Gasteiger partial charge on any atom is 0.472 e. The van der Waals surface area contributed by atoms with Crippen molar-refractivity contribution in [1.82, 2.24) is 0 Å². The zero-order valence-corrected chi connectivity index (χ0v) is 65.8. The van der Waals surface area contributed by atoms with Gasteiger partial charge in [-0.3, -0.25) is 18.6 Å². The number of hydrogen-bond donors (Lipinski definition) is 2. The fourth-order valence-electron chi connectivity index (χ4n) is 11.9. The molecule has 0 saturated carbocycles. The minimum atomic E-state index is -4.41. The lowest BCUT2D eigenvalue weighted by Crippen LogP contribution is -2.29. The maximum absolute atomic E-state index is 12.8. The predicted molar refractivity (Wildman–Crippen MR) is 436 cm³/mol. The molecule has 0 aromatic rings. The molecule has 0 radical (unpaired) electrons. The number of unbranched alkanes of at least 4 members (excludes halogenated alkanes) is 41. The average Bonchev–Trinajstić information content (AvgIpc) is 0.983. The van der Waals surface area contributed by atoms with E-state index in [1.165, 1.54) is 225 Å². The molecule has 0 spiro atoms. The van der Waals surface area contributed by atoms with Gasteiger partial charge < -0.3 is 20.1 Å². The third-order valence-electron chi connectivity index (χ3n) is 18.0. The Balaban J connectivity index is 3.89. The lowest BCUT2D eigenvalue weighted by atomic mass is 10.0. The van der Waals surface area contributed by atoms with Crippen LogP contribution < -0.4 is 5.73 Å². The summed E-state index contributed by atoms with van der Waals surface area (Å²) in [6, 6.07) is 0. The van der Waals surface area contributed by atoms with Gasteiger partial charge in [-0.05, 0) is 103 Å². The van der Waals surface area contributed by atoms with E-state index in [4.69, 9.17) is 24.3 Å². The van der Waals surface area contributed by atoms with Crippen LogP contribution in [-0.4, -0.2) is 49.3 Å². The molecule has 0 rings (SSSR count). The fourth-order valence-corrected chi connectivity index (χ4v) is 12.6. The monoisotopic (exact) mass is 1410 g/mol. The van der Waals surface area contributed by atoms with Gasteiger partial charge in [0.2, 0.25) is 0 Å². The first-order valence-corrected chi connectivity index (χ1v) is 43.3. The van der Waals surface area contributed by atoms with Gasteiger partial charge in [0.05, 0.1) is 13.2 Å². The molecule has 0 fully saturated rings. The van der Waals surface area contributed by atoms with Gasteiger partial charge in [0.15, 0.2) is 6.10 Å². The van der Waals surface area contributed by atoms with Crippen molar-refractivity contribution < 1.29 is 37.6 Å². The minimum absolute atomic E-state index is 0.0434. The van der Waals surface area contributed by atoms with Gasteiger partial charge >= 0.3 is 19.8 Å². The number of carbonyl (C=O) groups is 2. The molecule has 0 aromatic heterocycles. The van der Waals surface area contributed by atoms with Crippen molar-refractivity contribution in [1.29, 1.82) is 0 Å². The number of phosphoric acid groups is 1. The molecule has 0 aliphatic rings. The molecule has 0 bridgehead atoms. The number of ether oxygens (including phenoxy) is 2. The van der Waals surface area contributed by atoms with Crippen molar-refractivity contribution in [2.45, 2.75) is 386 Å². The third-order valence-corrected chi connectivity index (χ3v) is 19.0. The number of rotatable bonds is 78. The standard InChI is InChI=1S/C90H156NO8P/c1-3-5-7-9-11-13-15-17-19-21-23-25-27-29-31-33-35-37-39-41-43-44-45-47-49-51-53-55-57-59-61-63-65-67-69-71-73-75-77-79-81-83-90(93)99-88(87-98-100(94,95)97-85-84-91)86-96-89(92)82-80-78-76-74-72-70-68-66-64-62-60-58-56-54-52-50-48-46-42-40-38-36-34-32-30-28-26-24-22-20-18-16-14-12-10-8-6-4-2/h5,7,11,13,17,19,23,25,29,31,35,37,41,43,45,47,51,53,57,59,63,65,69,71,88H,3-4,6,8-10,12,14-16,18,20-22,24,26-28,30,32-34,36,38-40,42,44,46,48-50,52,54-56,58,60-62,64,66-68,70,72-87,91H2,1-2H3,(H,94,95)/b7-5-,13-11-,19-17-,25-23-,31-29-,37-35-,43-41-,47-45-,53-51-,59-57-,65-63-,71-69-. The molecule has 0 saturated heterocycles. The molecule has 9 nitrogen and oxygen atoms in total. The summed E-state index contributed by atoms with van der Waals surface area (Å²) in [6.45, 7) is 3.64. The summed E-state index contributed by atoms with van der Waals surface area (Å²) in [5.41, 5.74) is 5.41. The molecule has 3 N–H and O–H groups in total. The quantitative estimate of drug-likeness (QED) is 0.0264. The smallest absolute Gasteiger partial charge is 0.462 e. The van der Waals surface area contributed by atoms with Crippen LogP contribution in [0.1, 0.15) is 380 Å². The van der Waals surface area contributed by atoms with Gasteiger partial charge in [0.25, 0.3) is 0 Å². The van der Waals surface area contributed by atoms with Gasteiger partial charge in [-0.25, -0.2) is 4.57 Å². The van der Waals surface area contributed by atoms with Crippen LogP contribution in [0.3, 0.4) is 0 Å². The van der Waals surface area contributed by atoms with Crippen LogP contribution in [0, 0.1) is 0 Å².